The van der Waals surface area contributed by atoms with Crippen molar-refractivity contribution in [3.63, 3.8) is 0 Å². The number of thiazole rings is 1. The molecule has 0 atom stereocenters. The Bertz CT molecular complexity index is 573. The van der Waals surface area contributed by atoms with Crippen molar-refractivity contribution in [1.29, 1.82) is 0 Å². The van der Waals surface area contributed by atoms with E-state index in [1.54, 1.807) is 18.4 Å². The van der Waals surface area contributed by atoms with Crippen LogP contribution in [0.1, 0.15) is 21.1 Å². The zero-order chi connectivity index (χ0) is 12.3. The lowest BCUT2D eigenvalue weighted by Crippen LogP contribution is -1.82. The van der Waals surface area contributed by atoms with Crippen LogP contribution in [-0.2, 0) is 0 Å². The summed E-state index contributed by atoms with van der Waals surface area (Å²) in [7, 11) is 1.66. The first-order valence-corrected chi connectivity index (χ1v) is 6.11. The van der Waals surface area contributed by atoms with Crippen LogP contribution in [0, 0.1) is 25.7 Å². The van der Waals surface area contributed by atoms with E-state index < -0.39 is 0 Å². The molecule has 2 aromatic rings. The summed E-state index contributed by atoms with van der Waals surface area (Å²) < 4.78 is 5.10. The summed E-state index contributed by atoms with van der Waals surface area (Å²) in [5, 5.41) is 1.06. The molecule has 0 aliphatic heterocycles. The lowest BCUT2D eigenvalue weighted by Gasteiger charge is -1.97. The van der Waals surface area contributed by atoms with Crippen molar-refractivity contribution in [3.8, 4) is 17.6 Å². The molecule has 3 heteroatoms. The molecule has 2 rings (SSSR count). The molecule has 0 spiro atoms. The fraction of sp³-hybridized carbons (Fsp3) is 0.214. The monoisotopic (exact) mass is 243 g/mol. The summed E-state index contributed by atoms with van der Waals surface area (Å²) in [5.41, 5.74) is 1.99. The number of methoxy groups -OCH3 is 1. The third-order valence-electron chi connectivity index (χ3n) is 2.31. The van der Waals surface area contributed by atoms with Crippen LogP contribution in [0.15, 0.2) is 24.3 Å². The standard InChI is InChI=1S/C14H13NOS/c1-10-14(17-11(2)15-10)9-6-12-4-7-13(16-3)8-5-12/h4-5,7-8H,1-3H3. The largest absolute Gasteiger partial charge is 0.497 e. The van der Waals surface area contributed by atoms with Crippen LogP contribution in [0.2, 0.25) is 0 Å². The van der Waals surface area contributed by atoms with Gasteiger partial charge < -0.3 is 4.74 Å². The highest BCUT2D eigenvalue weighted by Crippen LogP contribution is 2.16. The molecular formula is C14H13NOS. The Balaban J connectivity index is 2.23. The minimum absolute atomic E-state index is 0.848. The summed E-state index contributed by atoms with van der Waals surface area (Å²) in [6, 6.07) is 7.73. The average molecular weight is 243 g/mol. The zero-order valence-electron chi connectivity index (χ0n) is 10.1. The summed E-state index contributed by atoms with van der Waals surface area (Å²) in [4.78, 5) is 5.39. The SMILES string of the molecule is COc1ccc(C#Cc2sc(C)nc2C)cc1. The van der Waals surface area contributed by atoms with Gasteiger partial charge in [0.15, 0.2) is 0 Å². The number of rotatable bonds is 1. The molecule has 0 amide bonds. The maximum Gasteiger partial charge on any atom is 0.118 e. The van der Waals surface area contributed by atoms with Crippen LogP contribution >= 0.6 is 11.3 Å². The Morgan fingerprint density at radius 3 is 2.35 bits per heavy atom. The minimum Gasteiger partial charge on any atom is -0.497 e. The van der Waals surface area contributed by atoms with Gasteiger partial charge in [-0.05, 0) is 44.0 Å². The van der Waals surface area contributed by atoms with E-state index in [1.165, 1.54) is 0 Å². The number of benzene rings is 1. The molecule has 0 unspecified atom stereocenters. The van der Waals surface area contributed by atoms with Crippen LogP contribution in [0.3, 0.4) is 0 Å². The first-order valence-electron chi connectivity index (χ1n) is 5.29. The van der Waals surface area contributed by atoms with Crippen molar-refractivity contribution in [2.45, 2.75) is 13.8 Å². The van der Waals surface area contributed by atoms with E-state index in [0.717, 1.165) is 26.9 Å². The first kappa shape index (κ1) is 11.7. The van der Waals surface area contributed by atoms with E-state index in [1.807, 2.05) is 38.1 Å². The average Bonchev–Trinajstić information content (AvgIpc) is 2.66. The second-order valence-corrected chi connectivity index (χ2v) is 4.83. The Morgan fingerprint density at radius 1 is 1.12 bits per heavy atom. The van der Waals surface area contributed by atoms with Gasteiger partial charge in [0.2, 0.25) is 0 Å². The fourth-order valence-corrected chi connectivity index (χ4v) is 2.22. The molecular weight excluding hydrogens is 230 g/mol. The van der Waals surface area contributed by atoms with Gasteiger partial charge in [0.25, 0.3) is 0 Å². The van der Waals surface area contributed by atoms with Gasteiger partial charge in [-0.2, -0.15) is 0 Å². The third-order valence-corrected chi connectivity index (χ3v) is 3.30. The quantitative estimate of drug-likeness (QED) is 0.718. The predicted octanol–water partition coefficient (Wildman–Crippen LogP) is 3.17. The molecule has 1 aromatic carbocycles. The molecule has 0 saturated heterocycles. The molecule has 0 aliphatic carbocycles. The second-order valence-electron chi connectivity index (χ2n) is 3.63. The van der Waals surface area contributed by atoms with Gasteiger partial charge in [0.1, 0.15) is 10.6 Å². The topological polar surface area (TPSA) is 22.1 Å². The van der Waals surface area contributed by atoms with Gasteiger partial charge in [-0.15, -0.1) is 11.3 Å². The van der Waals surface area contributed by atoms with Crippen LogP contribution in [-0.4, -0.2) is 12.1 Å². The van der Waals surface area contributed by atoms with Crippen molar-refractivity contribution < 1.29 is 4.74 Å². The number of hydrogen-bond acceptors (Lipinski definition) is 3. The predicted molar refractivity (Wildman–Crippen MR) is 70.6 cm³/mol. The van der Waals surface area contributed by atoms with Crippen molar-refractivity contribution in [3.05, 3.63) is 45.4 Å². The third kappa shape index (κ3) is 2.86. The molecule has 0 radical (unpaired) electrons. The van der Waals surface area contributed by atoms with Gasteiger partial charge in [0, 0.05) is 5.56 Å². The van der Waals surface area contributed by atoms with E-state index in [9.17, 15) is 0 Å². The van der Waals surface area contributed by atoms with E-state index in [2.05, 4.69) is 16.8 Å². The first-order chi connectivity index (χ1) is 8.19. The molecule has 86 valence electrons. The molecule has 1 heterocycles. The molecule has 1 aromatic heterocycles. The van der Waals surface area contributed by atoms with Crippen molar-refractivity contribution in [2.24, 2.45) is 0 Å². The summed E-state index contributed by atoms with van der Waals surface area (Å²) in [5.74, 6) is 7.13. The van der Waals surface area contributed by atoms with Crippen LogP contribution < -0.4 is 4.74 Å². The Kier molecular flexibility index (Phi) is 3.46. The lowest BCUT2D eigenvalue weighted by molar-refractivity contribution is 0.415. The van der Waals surface area contributed by atoms with Gasteiger partial charge >= 0.3 is 0 Å². The zero-order valence-corrected chi connectivity index (χ0v) is 10.9. The van der Waals surface area contributed by atoms with Gasteiger partial charge in [-0.25, -0.2) is 4.98 Å². The summed E-state index contributed by atoms with van der Waals surface area (Å²) in [6.07, 6.45) is 0. The van der Waals surface area contributed by atoms with Gasteiger partial charge in [-0.1, -0.05) is 5.92 Å². The lowest BCUT2D eigenvalue weighted by atomic mass is 10.2. The highest BCUT2D eigenvalue weighted by Gasteiger charge is 2.00. The molecule has 2 nitrogen and oxygen atoms in total. The van der Waals surface area contributed by atoms with E-state index in [-0.39, 0.29) is 0 Å². The molecule has 0 bridgehead atoms. The summed E-state index contributed by atoms with van der Waals surface area (Å²) in [6.45, 7) is 3.98. The highest BCUT2D eigenvalue weighted by atomic mass is 32.1. The fourth-order valence-electron chi connectivity index (χ4n) is 1.45. The maximum absolute atomic E-state index is 5.10. The number of aromatic nitrogens is 1. The number of aryl methyl sites for hydroxylation is 2. The number of ether oxygens (including phenoxy) is 1. The van der Waals surface area contributed by atoms with Gasteiger partial charge in [-0.3, -0.25) is 0 Å². The molecule has 0 N–H and O–H groups in total. The molecule has 0 saturated carbocycles. The van der Waals surface area contributed by atoms with Crippen LogP contribution in [0.25, 0.3) is 0 Å². The van der Waals surface area contributed by atoms with Crippen molar-refractivity contribution >= 4 is 11.3 Å². The van der Waals surface area contributed by atoms with Crippen LogP contribution in [0.5, 0.6) is 5.75 Å². The Labute approximate surface area is 105 Å². The minimum atomic E-state index is 0.848. The summed E-state index contributed by atoms with van der Waals surface area (Å²) >= 11 is 1.63. The highest BCUT2D eigenvalue weighted by molar-refractivity contribution is 7.12. The molecule has 0 aliphatic rings. The molecule has 17 heavy (non-hydrogen) atoms. The van der Waals surface area contributed by atoms with Crippen LogP contribution in [0.4, 0.5) is 0 Å². The normalized spacial score (nSPS) is 9.59. The smallest absolute Gasteiger partial charge is 0.118 e. The van der Waals surface area contributed by atoms with E-state index in [0.29, 0.717) is 0 Å². The second kappa shape index (κ2) is 5.03. The molecule has 0 fully saturated rings. The van der Waals surface area contributed by atoms with E-state index >= 15 is 0 Å². The van der Waals surface area contributed by atoms with Crippen molar-refractivity contribution in [2.75, 3.05) is 7.11 Å². The Morgan fingerprint density at radius 2 is 1.82 bits per heavy atom. The number of hydrogen-bond donors (Lipinski definition) is 0. The maximum atomic E-state index is 5.10. The Hall–Kier alpha value is -1.79. The van der Waals surface area contributed by atoms with Gasteiger partial charge in [0.05, 0.1) is 17.8 Å². The van der Waals surface area contributed by atoms with Crippen molar-refractivity contribution in [1.82, 2.24) is 4.98 Å². The van der Waals surface area contributed by atoms with E-state index in [4.69, 9.17) is 4.74 Å². The number of nitrogens with zero attached hydrogens (tertiary/aromatic N) is 1.